The second-order valence-electron chi connectivity index (χ2n) is 7.22. The molecule has 9 heteroatoms. The monoisotopic (exact) mass is 492 g/mol. The zero-order valence-corrected chi connectivity index (χ0v) is 16.0. The summed E-state index contributed by atoms with van der Waals surface area (Å²) in [7, 11) is 0. The van der Waals surface area contributed by atoms with E-state index in [0.29, 0.717) is 12.8 Å². The van der Waals surface area contributed by atoms with Crippen molar-refractivity contribution in [3.63, 3.8) is 0 Å². The van der Waals surface area contributed by atoms with Crippen molar-refractivity contribution in [3.05, 3.63) is 33.4 Å². The Hall–Kier alpha value is -1.78. The number of halogens is 3. The van der Waals surface area contributed by atoms with E-state index < -0.39 is 41.8 Å². The maximum absolute atomic E-state index is 14.3. The molecule has 1 aliphatic heterocycles. The first-order valence-electron chi connectivity index (χ1n) is 8.47. The van der Waals surface area contributed by atoms with E-state index in [2.05, 4.69) is 0 Å². The molecule has 6 nitrogen and oxygen atoms in total. The topological polar surface area (TPSA) is 89.9 Å². The van der Waals surface area contributed by atoms with E-state index >= 15 is 0 Å². The van der Waals surface area contributed by atoms with E-state index in [4.69, 9.17) is 14.6 Å². The molecule has 1 aromatic rings. The summed E-state index contributed by atoms with van der Waals surface area (Å²) in [4.78, 5) is 35.9. The third-order valence-corrected chi connectivity index (χ3v) is 6.50. The predicted molar refractivity (Wildman–Crippen MR) is 93.6 cm³/mol. The number of hydrogen-bond acceptors (Lipinski definition) is 5. The number of rotatable bonds is 5. The molecule has 1 saturated heterocycles. The largest absolute Gasteiger partial charge is 0.477 e. The van der Waals surface area contributed by atoms with Crippen molar-refractivity contribution in [3.8, 4) is 0 Å². The highest BCUT2D eigenvalue weighted by molar-refractivity contribution is 14.1. The summed E-state index contributed by atoms with van der Waals surface area (Å²) in [6, 6.07) is 5.64. The number of carbonyl (C=O) groups excluding carboxylic acids is 2. The fourth-order valence-corrected chi connectivity index (χ4v) is 4.98. The number of benzene rings is 1. The first-order chi connectivity index (χ1) is 12.7. The summed E-state index contributed by atoms with van der Waals surface area (Å²) < 4.78 is 39.7. The quantitative estimate of drug-likeness (QED) is 0.503. The lowest BCUT2D eigenvalue weighted by molar-refractivity contribution is -0.198. The third kappa shape index (κ3) is 2.90. The summed E-state index contributed by atoms with van der Waals surface area (Å²) in [6.45, 7) is 0. The van der Waals surface area contributed by atoms with Crippen LogP contribution in [0.25, 0.3) is 0 Å². The van der Waals surface area contributed by atoms with Gasteiger partial charge in [0.1, 0.15) is 6.10 Å². The SMILES string of the molecule is O=C(OC(c1ccc(I)cc1)C(F)(F)C(=O)O)C1C2CC3OC(=O)C1C3C2. The van der Waals surface area contributed by atoms with Crippen LogP contribution in [0.1, 0.15) is 24.5 Å². The molecular formula is C18H15F2IO6. The van der Waals surface area contributed by atoms with Crippen molar-refractivity contribution in [2.75, 3.05) is 0 Å². The van der Waals surface area contributed by atoms with Gasteiger partial charge in [-0.05, 0) is 59.0 Å². The van der Waals surface area contributed by atoms with Crippen molar-refractivity contribution < 1.29 is 37.7 Å². The molecule has 2 bridgehead atoms. The number of alkyl halides is 2. The van der Waals surface area contributed by atoms with Gasteiger partial charge in [-0.3, -0.25) is 9.59 Å². The van der Waals surface area contributed by atoms with Crippen LogP contribution in [0.15, 0.2) is 24.3 Å². The van der Waals surface area contributed by atoms with Crippen LogP contribution in [0.5, 0.6) is 0 Å². The molecule has 6 unspecified atom stereocenters. The molecule has 27 heavy (non-hydrogen) atoms. The minimum atomic E-state index is -4.31. The highest BCUT2D eigenvalue weighted by atomic mass is 127. The maximum Gasteiger partial charge on any atom is 0.382 e. The van der Waals surface area contributed by atoms with Gasteiger partial charge in [0, 0.05) is 9.49 Å². The Balaban J connectivity index is 1.62. The van der Waals surface area contributed by atoms with E-state index in [-0.39, 0.29) is 23.5 Å². The van der Waals surface area contributed by atoms with Gasteiger partial charge in [0.05, 0.1) is 11.8 Å². The van der Waals surface area contributed by atoms with Crippen LogP contribution in [0.4, 0.5) is 8.78 Å². The molecule has 6 atom stereocenters. The first-order valence-corrected chi connectivity index (χ1v) is 9.55. The lowest BCUT2D eigenvalue weighted by Gasteiger charge is -2.28. The molecule has 2 saturated carbocycles. The van der Waals surface area contributed by atoms with Crippen LogP contribution in [-0.4, -0.2) is 35.0 Å². The summed E-state index contributed by atoms with van der Waals surface area (Å²) in [5.41, 5.74) is -0.119. The molecular weight excluding hydrogens is 477 g/mol. The minimum Gasteiger partial charge on any atom is -0.477 e. The molecule has 1 heterocycles. The minimum absolute atomic E-state index is 0.0863. The van der Waals surface area contributed by atoms with E-state index in [1.165, 1.54) is 24.3 Å². The molecule has 1 N–H and O–H groups in total. The summed E-state index contributed by atoms with van der Waals surface area (Å²) in [5, 5.41) is 8.94. The van der Waals surface area contributed by atoms with Crippen LogP contribution < -0.4 is 0 Å². The van der Waals surface area contributed by atoms with Gasteiger partial charge in [-0.1, -0.05) is 12.1 Å². The van der Waals surface area contributed by atoms with Crippen LogP contribution in [-0.2, 0) is 23.9 Å². The zero-order valence-electron chi connectivity index (χ0n) is 13.8. The Kier molecular flexibility index (Phi) is 4.39. The predicted octanol–water partition coefficient (Wildman–Crippen LogP) is 2.79. The van der Waals surface area contributed by atoms with Crippen molar-refractivity contribution >= 4 is 40.5 Å². The average Bonchev–Trinajstić information content (AvgIpc) is 3.22. The van der Waals surface area contributed by atoms with Gasteiger partial charge in [0.15, 0.2) is 0 Å². The second kappa shape index (κ2) is 6.39. The van der Waals surface area contributed by atoms with Gasteiger partial charge in [0.25, 0.3) is 0 Å². The Morgan fingerprint density at radius 1 is 1.26 bits per heavy atom. The van der Waals surface area contributed by atoms with Crippen molar-refractivity contribution in [2.24, 2.45) is 23.7 Å². The lowest BCUT2D eigenvalue weighted by atomic mass is 9.80. The molecule has 4 rings (SSSR count). The fraction of sp³-hybridized carbons (Fsp3) is 0.500. The second-order valence-corrected chi connectivity index (χ2v) is 8.46. The number of fused-ring (bicyclic) bond motifs is 1. The molecule has 3 fully saturated rings. The molecule has 144 valence electrons. The summed E-state index contributed by atoms with van der Waals surface area (Å²) >= 11 is 1.97. The molecule has 3 aliphatic rings. The molecule has 1 aromatic carbocycles. The van der Waals surface area contributed by atoms with Crippen LogP contribution >= 0.6 is 22.6 Å². The van der Waals surface area contributed by atoms with Crippen LogP contribution in [0.2, 0.25) is 0 Å². The molecule has 0 aromatic heterocycles. The maximum atomic E-state index is 14.3. The number of esters is 2. The van der Waals surface area contributed by atoms with Gasteiger partial charge >= 0.3 is 23.8 Å². The van der Waals surface area contributed by atoms with Gasteiger partial charge < -0.3 is 14.6 Å². The Labute approximate surface area is 166 Å². The molecule has 0 radical (unpaired) electrons. The molecule has 0 spiro atoms. The Bertz CT molecular complexity index is 809. The normalized spacial score (nSPS) is 32.3. The van der Waals surface area contributed by atoms with Gasteiger partial charge in [-0.25, -0.2) is 4.79 Å². The summed E-state index contributed by atoms with van der Waals surface area (Å²) in [5.74, 6) is -9.95. The van der Waals surface area contributed by atoms with Crippen molar-refractivity contribution in [1.29, 1.82) is 0 Å². The Morgan fingerprint density at radius 2 is 1.93 bits per heavy atom. The van der Waals surface area contributed by atoms with E-state index in [0.717, 1.165) is 3.57 Å². The fourth-order valence-electron chi connectivity index (χ4n) is 4.62. The lowest BCUT2D eigenvalue weighted by Crippen LogP contribution is -2.41. The molecule has 0 amide bonds. The van der Waals surface area contributed by atoms with Crippen LogP contribution in [0, 0.1) is 27.2 Å². The van der Waals surface area contributed by atoms with Gasteiger partial charge in [-0.2, -0.15) is 8.78 Å². The number of ether oxygens (including phenoxy) is 2. The number of carbonyl (C=O) groups is 3. The smallest absolute Gasteiger partial charge is 0.382 e. The first kappa shape index (κ1) is 18.6. The highest BCUT2D eigenvalue weighted by Crippen LogP contribution is 2.58. The number of carboxylic acid groups (broad SMARTS) is 1. The number of hydrogen-bond donors (Lipinski definition) is 1. The Morgan fingerprint density at radius 3 is 2.56 bits per heavy atom. The van der Waals surface area contributed by atoms with Gasteiger partial charge in [-0.15, -0.1) is 0 Å². The third-order valence-electron chi connectivity index (χ3n) is 5.78. The zero-order chi connectivity index (χ0) is 19.5. The van der Waals surface area contributed by atoms with E-state index in [1.807, 2.05) is 22.6 Å². The van der Waals surface area contributed by atoms with Crippen molar-refractivity contribution in [2.45, 2.75) is 31.0 Å². The standard InChI is InChI=1S/C18H15F2IO6/c19-18(20,17(24)25)14(7-1-3-9(21)4-2-7)27-15(22)12-8-5-10-11(6-8)26-16(23)13(10)12/h1-4,8,10-14H,5-6H2,(H,24,25). The van der Waals surface area contributed by atoms with E-state index in [1.54, 1.807) is 0 Å². The van der Waals surface area contributed by atoms with Crippen molar-refractivity contribution in [1.82, 2.24) is 0 Å². The van der Waals surface area contributed by atoms with Gasteiger partial charge in [0.2, 0.25) is 6.10 Å². The van der Waals surface area contributed by atoms with Crippen LogP contribution in [0.3, 0.4) is 0 Å². The molecule has 2 aliphatic carbocycles. The highest BCUT2D eigenvalue weighted by Gasteiger charge is 2.65. The number of aliphatic carboxylic acids is 1. The average molecular weight is 492 g/mol. The van der Waals surface area contributed by atoms with E-state index in [9.17, 15) is 23.2 Å². The number of carboxylic acids is 1. The summed E-state index contributed by atoms with van der Waals surface area (Å²) in [6.07, 6.45) is -1.35.